The number of fused-ring (bicyclic) bond motifs is 1. The Kier molecular flexibility index (Phi) is 2.65. The second-order valence-electron chi connectivity index (χ2n) is 3.99. The molecule has 0 unspecified atom stereocenters. The van der Waals surface area contributed by atoms with Crippen LogP contribution in [0.5, 0.6) is 0 Å². The van der Waals surface area contributed by atoms with E-state index < -0.39 is 0 Å². The molecular formula is C14H15NO. The highest BCUT2D eigenvalue weighted by molar-refractivity contribution is 6.02. The van der Waals surface area contributed by atoms with E-state index in [2.05, 4.69) is 12.6 Å². The summed E-state index contributed by atoms with van der Waals surface area (Å²) in [5, 5.41) is 0. The van der Waals surface area contributed by atoms with Gasteiger partial charge in [0.1, 0.15) is 0 Å². The highest BCUT2D eigenvalue weighted by Crippen LogP contribution is 2.37. The average Bonchev–Trinajstić information content (AvgIpc) is 2.67. The van der Waals surface area contributed by atoms with Crippen LogP contribution in [0, 0.1) is 0 Å². The van der Waals surface area contributed by atoms with E-state index in [4.69, 9.17) is 0 Å². The predicted octanol–water partition coefficient (Wildman–Crippen LogP) is 3.01. The molecule has 0 aliphatic carbocycles. The van der Waals surface area contributed by atoms with E-state index in [1.807, 2.05) is 31.2 Å². The first kappa shape index (κ1) is 10.7. The number of anilines is 1. The van der Waals surface area contributed by atoms with Crippen LogP contribution in [0.3, 0.4) is 0 Å². The molecule has 1 aromatic rings. The van der Waals surface area contributed by atoms with E-state index in [1.165, 1.54) is 5.57 Å². The van der Waals surface area contributed by atoms with Crippen LogP contribution in [0.4, 0.5) is 5.69 Å². The number of carbonyl (C=O) groups excluding carboxylic acids is 1. The maximum Gasteiger partial charge on any atom is 0.224 e. The van der Waals surface area contributed by atoms with Gasteiger partial charge in [0.2, 0.25) is 5.91 Å². The predicted molar refractivity (Wildman–Crippen MR) is 67.3 cm³/mol. The lowest BCUT2D eigenvalue weighted by atomic mass is 10.0. The van der Waals surface area contributed by atoms with Crippen molar-refractivity contribution in [3.05, 3.63) is 48.1 Å². The molecule has 16 heavy (non-hydrogen) atoms. The van der Waals surface area contributed by atoms with Gasteiger partial charge in [-0.05, 0) is 24.1 Å². The number of hydrogen-bond donors (Lipinski definition) is 0. The Morgan fingerprint density at radius 2 is 2.06 bits per heavy atom. The van der Waals surface area contributed by atoms with Gasteiger partial charge in [-0.3, -0.25) is 4.79 Å². The molecule has 1 aliphatic heterocycles. The molecule has 2 nitrogen and oxygen atoms in total. The Bertz CT molecular complexity index is 485. The molecule has 0 radical (unpaired) electrons. The molecule has 2 rings (SSSR count). The van der Waals surface area contributed by atoms with Crippen LogP contribution in [0.1, 0.15) is 19.4 Å². The number of carbonyl (C=O) groups is 1. The maximum absolute atomic E-state index is 11.5. The summed E-state index contributed by atoms with van der Waals surface area (Å²) in [6.07, 6.45) is 1.84. The zero-order chi connectivity index (χ0) is 11.7. The fourth-order valence-electron chi connectivity index (χ4n) is 2.03. The minimum absolute atomic E-state index is 0.0827. The third-order valence-corrected chi connectivity index (χ3v) is 3.00. The minimum atomic E-state index is 0.0827. The lowest BCUT2D eigenvalue weighted by Gasteiger charge is -2.13. The van der Waals surface area contributed by atoms with Gasteiger partial charge in [0.05, 0.1) is 12.2 Å². The van der Waals surface area contributed by atoms with Gasteiger partial charge >= 0.3 is 0 Å². The molecule has 1 aromatic carbocycles. The Morgan fingerprint density at radius 1 is 1.38 bits per heavy atom. The van der Waals surface area contributed by atoms with E-state index in [0.717, 1.165) is 16.8 Å². The number of hydrogen-bond acceptors (Lipinski definition) is 1. The first-order valence-corrected chi connectivity index (χ1v) is 5.35. The average molecular weight is 213 g/mol. The van der Waals surface area contributed by atoms with Gasteiger partial charge in [-0.2, -0.15) is 0 Å². The molecule has 0 atom stereocenters. The molecule has 2 heteroatoms. The monoisotopic (exact) mass is 213 g/mol. The molecule has 0 spiro atoms. The summed E-state index contributed by atoms with van der Waals surface area (Å²) in [7, 11) is 0. The Hall–Kier alpha value is -1.83. The SMILES string of the molecule is C=C/C(C)=C1/CN(C(C)=O)c2ccccc21. The standard InChI is InChI=1S/C14H15NO/c1-4-10(2)13-9-15(11(3)16)14-8-6-5-7-12(13)14/h4-8H,1,9H2,2-3H3/b13-10-. The van der Waals surface area contributed by atoms with Crippen molar-refractivity contribution in [2.75, 3.05) is 11.4 Å². The molecule has 1 amide bonds. The van der Waals surface area contributed by atoms with Crippen molar-refractivity contribution < 1.29 is 4.79 Å². The lowest BCUT2D eigenvalue weighted by molar-refractivity contribution is -0.116. The summed E-state index contributed by atoms with van der Waals surface area (Å²) in [6.45, 7) is 8.08. The maximum atomic E-state index is 11.5. The normalized spacial score (nSPS) is 17.0. The smallest absolute Gasteiger partial charge is 0.224 e. The van der Waals surface area contributed by atoms with E-state index in [-0.39, 0.29) is 5.91 Å². The van der Waals surface area contributed by atoms with Gasteiger partial charge in [-0.1, -0.05) is 30.9 Å². The largest absolute Gasteiger partial charge is 0.308 e. The summed E-state index contributed by atoms with van der Waals surface area (Å²) < 4.78 is 0. The topological polar surface area (TPSA) is 20.3 Å². The number of allylic oxidation sites excluding steroid dienone is 2. The quantitative estimate of drug-likeness (QED) is 0.702. The van der Waals surface area contributed by atoms with Crippen molar-refractivity contribution in [2.45, 2.75) is 13.8 Å². The molecule has 0 saturated heterocycles. The van der Waals surface area contributed by atoms with Gasteiger partial charge in [-0.25, -0.2) is 0 Å². The van der Waals surface area contributed by atoms with Crippen LogP contribution < -0.4 is 4.90 Å². The van der Waals surface area contributed by atoms with Crippen LogP contribution >= 0.6 is 0 Å². The minimum Gasteiger partial charge on any atom is -0.308 e. The number of benzene rings is 1. The van der Waals surface area contributed by atoms with Gasteiger partial charge < -0.3 is 4.90 Å². The summed E-state index contributed by atoms with van der Waals surface area (Å²) in [4.78, 5) is 13.3. The lowest BCUT2D eigenvalue weighted by Crippen LogP contribution is -2.25. The van der Waals surface area contributed by atoms with Gasteiger partial charge in [0.15, 0.2) is 0 Å². The molecule has 1 heterocycles. The number of para-hydroxylation sites is 1. The molecule has 0 bridgehead atoms. The van der Waals surface area contributed by atoms with Gasteiger partial charge in [-0.15, -0.1) is 0 Å². The molecule has 0 N–H and O–H groups in total. The molecule has 0 aromatic heterocycles. The molecule has 0 saturated carbocycles. The number of nitrogens with zero attached hydrogens (tertiary/aromatic N) is 1. The molecular weight excluding hydrogens is 198 g/mol. The van der Waals surface area contributed by atoms with Crippen LogP contribution in [0.15, 0.2) is 42.5 Å². The highest BCUT2D eigenvalue weighted by atomic mass is 16.2. The van der Waals surface area contributed by atoms with Gasteiger partial charge in [0, 0.05) is 12.5 Å². The second kappa shape index (κ2) is 3.97. The zero-order valence-corrected chi connectivity index (χ0v) is 9.66. The third-order valence-electron chi connectivity index (χ3n) is 3.00. The Balaban J connectivity index is 2.60. The van der Waals surface area contributed by atoms with Crippen LogP contribution in [-0.2, 0) is 4.79 Å². The first-order chi connectivity index (χ1) is 7.65. The van der Waals surface area contributed by atoms with Crippen molar-refractivity contribution in [2.24, 2.45) is 0 Å². The van der Waals surface area contributed by atoms with Gasteiger partial charge in [0.25, 0.3) is 0 Å². The van der Waals surface area contributed by atoms with E-state index in [1.54, 1.807) is 11.8 Å². The van der Waals surface area contributed by atoms with E-state index in [0.29, 0.717) is 6.54 Å². The van der Waals surface area contributed by atoms with Crippen LogP contribution in [0.25, 0.3) is 5.57 Å². The summed E-state index contributed by atoms with van der Waals surface area (Å²) >= 11 is 0. The molecule has 82 valence electrons. The summed E-state index contributed by atoms with van der Waals surface area (Å²) in [5.74, 6) is 0.0827. The van der Waals surface area contributed by atoms with Crippen molar-refractivity contribution in [3.63, 3.8) is 0 Å². The second-order valence-corrected chi connectivity index (χ2v) is 3.99. The third kappa shape index (κ3) is 1.56. The van der Waals surface area contributed by atoms with Crippen molar-refractivity contribution in [3.8, 4) is 0 Å². The fraction of sp³-hybridized carbons (Fsp3) is 0.214. The van der Waals surface area contributed by atoms with Crippen molar-refractivity contribution in [1.29, 1.82) is 0 Å². The summed E-state index contributed by atoms with van der Waals surface area (Å²) in [6, 6.07) is 8.00. The molecule has 1 aliphatic rings. The Morgan fingerprint density at radius 3 is 2.69 bits per heavy atom. The Labute approximate surface area is 95.9 Å². The summed E-state index contributed by atoms with van der Waals surface area (Å²) in [5.41, 5.74) is 4.48. The molecule has 0 fully saturated rings. The van der Waals surface area contributed by atoms with Crippen LogP contribution in [0.2, 0.25) is 0 Å². The highest BCUT2D eigenvalue weighted by Gasteiger charge is 2.26. The van der Waals surface area contributed by atoms with E-state index >= 15 is 0 Å². The fourth-order valence-corrected chi connectivity index (χ4v) is 2.03. The van der Waals surface area contributed by atoms with Crippen molar-refractivity contribution >= 4 is 17.2 Å². The number of amides is 1. The van der Waals surface area contributed by atoms with Crippen molar-refractivity contribution in [1.82, 2.24) is 0 Å². The number of rotatable bonds is 1. The van der Waals surface area contributed by atoms with Crippen LogP contribution in [-0.4, -0.2) is 12.5 Å². The first-order valence-electron chi connectivity index (χ1n) is 5.35. The zero-order valence-electron chi connectivity index (χ0n) is 9.66. The van der Waals surface area contributed by atoms with E-state index in [9.17, 15) is 4.79 Å².